The Labute approximate surface area is 98.9 Å². The third-order valence-corrected chi connectivity index (χ3v) is 2.30. The molecule has 0 bridgehead atoms. The van der Waals surface area contributed by atoms with Crippen LogP contribution in [-0.2, 0) is 11.3 Å². The van der Waals surface area contributed by atoms with Gasteiger partial charge in [-0.25, -0.2) is 0 Å². The minimum Gasteiger partial charge on any atom is -0.398 e. The van der Waals surface area contributed by atoms with Crippen LogP contribution < -0.4 is 11.3 Å². The number of nitrogen functional groups attached to an aromatic ring is 1. The van der Waals surface area contributed by atoms with Gasteiger partial charge in [0, 0.05) is 31.5 Å². The number of carbonyl (C=O) groups is 1. The molecule has 0 unspecified atom stereocenters. The van der Waals surface area contributed by atoms with Crippen molar-refractivity contribution in [3.8, 4) is 6.07 Å². The lowest BCUT2D eigenvalue weighted by atomic mass is 10.4. The predicted molar refractivity (Wildman–Crippen MR) is 63.0 cm³/mol. The van der Waals surface area contributed by atoms with E-state index in [0.29, 0.717) is 12.2 Å². The molecule has 0 aliphatic carbocycles. The molecule has 1 aromatic heterocycles. The number of anilines is 1. The number of hydrogen-bond donors (Lipinski definition) is 1. The van der Waals surface area contributed by atoms with E-state index in [1.54, 1.807) is 7.05 Å². The van der Waals surface area contributed by atoms with E-state index in [9.17, 15) is 9.59 Å². The molecule has 6 heteroatoms. The Bertz CT molecular complexity index is 501. The molecule has 0 saturated carbocycles. The maximum absolute atomic E-state index is 11.7. The van der Waals surface area contributed by atoms with Gasteiger partial charge in [-0.05, 0) is 6.07 Å². The van der Waals surface area contributed by atoms with Gasteiger partial charge in [-0.2, -0.15) is 5.26 Å². The summed E-state index contributed by atoms with van der Waals surface area (Å²) in [6, 6.07) is 4.76. The first kappa shape index (κ1) is 12.8. The van der Waals surface area contributed by atoms with E-state index < -0.39 is 0 Å². The van der Waals surface area contributed by atoms with Crippen molar-refractivity contribution in [3.05, 3.63) is 28.7 Å². The quantitative estimate of drug-likeness (QED) is 0.781. The van der Waals surface area contributed by atoms with Crippen molar-refractivity contribution in [1.82, 2.24) is 9.47 Å². The first-order valence-electron chi connectivity index (χ1n) is 5.11. The van der Waals surface area contributed by atoms with Gasteiger partial charge in [0.2, 0.25) is 5.91 Å². The number of nitrogens with two attached hydrogens (primary N) is 1. The number of carbonyl (C=O) groups excluding carboxylic acids is 1. The highest BCUT2D eigenvalue weighted by molar-refractivity contribution is 5.75. The van der Waals surface area contributed by atoms with Crippen molar-refractivity contribution in [2.75, 3.05) is 19.3 Å². The van der Waals surface area contributed by atoms with Gasteiger partial charge in [-0.15, -0.1) is 0 Å². The van der Waals surface area contributed by atoms with E-state index in [2.05, 4.69) is 0 Å². The minimum absolute atomic E-state index is 0.0637. The molecular formula is C11H14N4O2. The van der Waals surface area contributed by atoms with E-state index in [-0.39, 0.29) is 24.4 Å². The number of pyridine rings is 1. The van der Waals surface area contributed by atoms with Crippen molar-refractivity contribution < 1.29 is 4.79 Å². The van der Waals surface area contributed by atoms with E-state index in [0.717, 1.165) is 0 Å². The highest BCUT2D eigenvalue weighted by Crippen LogP contribution is 1.97. The standard InChI is InChI=1S/C11H14N4O2/c1-14(6-2-5-12)11(17)8-15-7-9(13)3-4-10(15)16/h3-4,7H,2,6,8,13H2,1H3. The van der Waals surface area contributed by atoms with Crippen LogP contribution in [0.5, 0.6) is 0 Å². The van der Waals surface area contributed by atoms with Crippen LogP contribution in [0.4, 0.5) is 5.69 Å². The average molecular weight is 234 g/mol. The highest BCUT2D eigenvalue weighted by Gasteiger charge is 2.09. The largest absolute Gasteiger partial charge is 0.398 e. The number of aromatic nitrogens is 1. The highest BCUT2D eigenvalue weighted by atomic mass is 16.2. The van der Waals surface area contributed by atoms with Crippen LogP contribution in [0, 0.1) is 11.3 Å². The van der Waals surface area contributed by atoms with Crippen LogP contribution in [-0.4, -0.2) is 29.0 Å². The number of likely N-dealkylation sites (N-methyl/N-ethyl adjacent to an activating group) is 1. The normalized spacial score (nSPS) is 9.65. The lowest BCUT2D eigenvalue weighted by Gasteiger charge is -2.16. The summed E-state index contributed by atoms with van der Waals surface area (Å²) in [5, 5.41) is 8.41. The second-order valence-electron chi connectivity index (χ2n) is 3.65. The van der Waals surface area contributed by atoms with Crippen molar-refractivity contribution in [1.29, 1.82) is 5.26 Å². The third kappa shape index (κ3) is 3.65. The summed E-state index contributed by atoms with van der Waals surface area (Å²) in [6.45, 7) is 0.290. The first-order chi connectivity index (χ1) is 8.04. The van der Waals surface area contributed by atoms with E-state index >= 15 is 0 Å². The summed E-state index contributed by atoms with van der Waals surface area (Å²) >= 11 is 0. The lowest BCUT2D eigenvalue weighted by molar-refractivity contribution is -0.130. The zero-order valence-electron chi connectivity index (χ0n) is 9.59. The van der Waals surface area contributed by atoms with Crippen molar-refractivity contribution >= 4 is 11.6 Å². The topological polar surface area (TPSA) is 92.1 Å². The zero-order chi connectivity index (χ0) is 12.8. The molecule has 0 fully saturated rings. The fourth-order valence-electron chi connectivity index (χ4n) is 1.28. The summed E-state index contributed by atoms with van der Waals surface area (Å²) in [5.74, 6) is -0.229. The smallest absolute Gasteiger partial charge is 0.251 e. The molecule has 2 N–H and O–H groups in total. The Hall–Kier alpha value is -2.29. The zero-order valence-corrected chi connectivity index (χ0v) is 9.59. The molecular weight excluding hydrogens is 220 g/mol. The maximum atomic E-state index is 11.7. The van der Waals surface area contributed by atoms with E-state index in [1.165, 1.54) is 27.8 Å². The molecule has 0 atom stereocenters. The van der Waals surface area contributed by atoms with Crippen molar-refractivity contribution in [2.24, 2.45) is 0 Å². The molecule has 1 amide bonds. The minimum atomic E-state index is -0.277. The Morgan fingerprint density at radius 1 is 1.59 bits per heavy atom. The second-order valence-corrected chi connectivity index (χ2v) is 3.65. The van der Waals surface area contributed by atoms with Crippen LogP contribution in [0.15, 0.2) is 23.1 Å². The molecule has 0 spiro atoms. The van der Waals surface area contributed by atoms with Crippen molar-refractivity contribution in [2.45, 2.75) is 13.0 Å². The second kappa shape index (κ2) is 5.70. The SMILES string of the molecule is CN(CCC#N)C(=O)Cn1cc(N)ccc1=O. The van der Waals surface area contributed by atoms with Gasteiger partial charge >= 0.3 is 0 Å². The Balaban J connectivity index is 2.71. The van der Waals surface area contributed by atoms with Gasteiger partial charge in [0.1, 0.15) is 6.54 Å². The Morgan fingerprint density at radius 3 is 2.94 bits per heavy atom. The molecule has 1 rings (SSSR count). The predicted octanol–water partition coefficient (Wildman–Crippen LogP) is -0.197. The van der Waals surface area contributed by atoms with Crippen LogP contribution in [0.1, 0.15) is 6.42 Å². The number of amides is 1. The first-order valence-corrected chi connectivity index (χ1v) is 5.11. The van der Waals surface area contributed by atoms with E-state index in [1.807, 2.05) is 6.07 Å². The fraction of sp³-hybridized carbons (Fsp3) is 0.364. The summed E-state index contributed by atoms with van der Waals surface area (Å²) in [7, 11) is 1.59. The summed E-state index contributed by atoms with van der Waals surface area (Å²) in [5.41, 5.74) is 5.68. The summed E-state index contributed by atoms with van der Waals surface area (Å²) in [4.78, 5) is 24.5. The fourth-order valence-corrected chi connectivity index (χ4v) is 1.28. The number of nitriles is 1. The van der Waals surface area contributed by atoms with Gasteiger partial charge in [0.15, 0.2) is 0 Å². The Morgan fingerprint density at radius 2 is 2.29 bits per heavy atom. The molecule has 0 radical (unpaired) electrons. The number of hydrogen-bond acceptors (Lipinski definition) is 4. The summed E-state index contributed by atoms with van der Waals surface area (Å²) < 4.78 is 1.25. The molecule has 0 aromatic carbocycles. The maximum Gasteiger partial charge on any atom is 0.251 e. The monoisotopic (exact) mass is 234 g/mol. The molecule has 1 heterocycles. The average Bonchev–Trinajstić information content (AvgIpc) is 2.30. The molecule has 6 nitrogen and oxygen atoms in total. The molecule has 0 aliphatic rings. The molecule has 90 valence electrons. The molecule has 0 saturated heterocycles. The van der Waals surface area contributed by atoms with E-state index in [4.69, 9.17) is 11.0 Å². The van der Waals surface area contributed by atoms with Gasteiger partial charge in [-0.3, -0.25) is 9.59 Å². The van der Waals surface area contributed by atoms with Crippen LogP contribution in [0.25, 0.3) is 0 Å². The lowest BCUT2D eigenvalue weighted by Crippen LogP contribution is -2.34. The Kier molecular flexibility index (Phi) is 4.29. The van der Waals surface area contributed by atoms with Gasteiger partial charge in [-0.1, -0.05) is 0 Å². The number of rotatable bonds is 4. The van der Waals surface area contributed by atoms with Gasteiger partial charge in [0.25, 0.3) is 5.56 Å². The third-order valence-electron chi connectivity index (χ3n) is 2.30. The molecule has 1 aromatic rings. The van der Waals surface area contributed by atoms with Crippen molar-refractivity contribution in [3.63, 3.8) is 0 Å². The molecule has 17 heavy (non-hydrogen) atoms. The van der Waals surface area contributed by atoms with Crippen LogP contribution in [0.3, 0.4) is 0 Å². The van der Waals surface area contributed by atoms with Crippen LogP contribution >= 0.6 is 0 Å². The van der Waals surface area contributed by atoms with Crippen LogP contribution in [0.2, 0.25) is 0 Å². The van der Waals surface area contributed by atoms with Gasteiger partial charge in [0.05, 0.1) is 12.5 Å². The summed E-state index contributed by atoms with van der Waals surface area (Å²) in [6.07, 6.45) is 1.70. The van der Waals surface area contributed by atoms with Gasteiger partial charge < -0.3 is 15.2 Å². The number of nitrogens with zero attached hydrogens (tertiary/aromatic N) is 3. The molecule has 0 aliphatic heterocycles.